The maximum absolute atomic E-state index is 10.00. The predicted molar refractivity (Wildman–Crippen MR) is 60.5 cm³/mol. The van der Waals surface area contributed by atoms with Crippen LogP contribution in [-0.2, 0) is 6.42 Å². The summed E-state index contributed by atoms with van der Waals surface area (Å²) in [6.07, 6.45) is 0.861. The first-order chi connectivity index (χ1) is 7.04. The van der Waals surface area contributed by atoms with Gasteiger partial charge in [0.25, 0.3) is 0 Å². The average molecular weight is 206 g/mol. The Morgan fingerprint density at radius 1 is 1.53 bits per heavy atom. The van der Waals surface area contributed by atoms with Crippen LogP contribution in [0.3, 0.4) is 0 Å². The molecule has 0 amide bonds. The minimum atomic E-state index is -0.508. The lowest BCUT2D eigenvalue weighted by Crippen LogP contribution is -2.06. The number of hydrogen-bond acceptors (Lipinski definition) is 3. The quantitative estimate of drug-likeness (QED) is 0.769. The van der Waals surface area contributed by atoms with Gasteiger partial charge in [0, 0.05) is 5.56 Å². The highest BCUT2D eigenvalue weighted by atomic mass is 16.3. The van der Waals surface area contributed by atoms with Gasteiger partial charge >= 0.3 is 0 Å². The molecule has 1 heterocycles. The van der Waals surface area contributed by atoms with Crippen LogP contribution in [0, 0.1) is 6.92 Å². The fourth-order valence-corrected chi connectivity index (χ4v) is 1.54. The van der Waals surface area contributed by atoms with Gasteiger partial charge in [0.05, 0.1) is 17.5 Å². The van der Waals surface area contributed by atoms with Crippen molar-refractivity contribution in [2.24, 2.45) is 0 Å². The van der Waals surface area contributed by atoms with E-state index in [0.717, 1.165) is 28.9 Å². The molecule has 15 heavy (non-hydrogen) atoms. The number of aliphatic hydroxyl groups excluding tert-OH is 1. The lowest BCUT2D eigenvalue weighted by Gasteiger charge is -2.14. The SMILES string of the molecule is C=C(C)CC(O)c1cc(C)nnc1CC. The number of nitrogens with zero attached hydrogens (tertiary/aromatic N) is 2. The maximum atomic E-state index is 10.00. The van der Waals surface area contributed by atoms with Gasteiger partial charge in [-0.3, -0.25) is 0 Å². The van der Waals surface area contributed by atoms with E-state index in [0.29, 0.717) is 6.42 Å². The van der Waals surface area contributed by atoms with E-state index in [4.69, 9.17) is 0 Å². The first kappa shape index (κ1) is 11.9. The molecule has 1 aromatic rings. The normalized spacial score (nSPS) is 12.5. The molecular formula is C12H18N2O. The molecule has 1 rings (SSSR count). The number of aryl methyl sites for hydroxylation is 2. The molecule has 3 heteroatoms. The molecule has 0 spiro atoms. The molecule has 0 aliphatic heterocycles. The molecule has 0 aromatic carbocycles. The van der Waals surface area contributed by atoms with Crippen molar-refractivity contribution in [3.8, 4) is 0 Å². The average Bonchev–Trinajstić information content (AvgIpc) is 2.16. The molecule has 0 bridgehead atoms. The third kappa shape index (κ3) is 3.13. The van der Waals surface area contributed by atoms with Crippen molar-refractivity contribution in [3.63, 3.8) is 0 Å². The van der Waals surface area contributed by atoms with E-state index < -0.39 is 6.10 Å². The number of aromatic nitrogens is 2. The minimum absolute atomic E-state index is 0.508. The lowest BCUT2D eigenvalue weighted by molar-refractivity contribution is 0.176. The highest BCUT2D eigenvalue weighted by molar-refractivity contribution is 5.24. The highest BCUT2D eigenvalue weighted by Gasteiger charge is 2.13. The van der Waals surface area contributed by atoms with Crippen molar-refractivity contribution in [2.75, 3.05) is 0 Å². The molecule has 1 atom stereocenters. The Balaban J connectivity index is 2.99. The van der Waals surface area contributed by atoms with Crippen molar-refractivity contribution >= 4 is 0 Å². The molecule has 0 saturated carbocycles. The molecule has 0 fully saturated rings. The van der Waals surface area contributed by atoms with Crippen molar-refractivity contribution < 1.29 is 5.11 Å². The van der Waals surface area contributed by atoms with Crippen LogP contribution in [0.2, 0.25) is 0 Å². The van der Waals surface area contributed by atoms with Crippen LogP contribution in [0.5, 0.6) is 0 Å². The van der Waals surface area contributed by atoms with Gasteiger partial charge < -0.3 is 5.11 Å². The second-order valence-corrected chi connectivity index (χ2v) is 3.92. The molecule has 82 valence electrons. The zero-order valence-corrected chi connectivity index (χ0v) is 9.62. The largest absolute Gasteiger partial charge is 0.388 e. The fourth-order valence-electron chi connectivity index (χ4n) is 1.54. The summed E-state index contributed by atoms with van der Waals surface area (Å²) in [4.78, 5) is 0. The Labute approximate surface area is 90.9 Å². The zero-order chi connectivity index (χ0) is 11.4. The highest BCUT2D eigenvalue weighted by Crippen LogP contribution is 2.22. The molecule has 0 radical (unpaired) electrons. The van der Waals surface area contributed by atoms with Crippen molar-refractivity contribution in [3.05, 3.63) is 35.2 Å². The molecule has 1 unspecified atom stereocenters. The van der Waals surface area contributed by atoms with Crippen LogP contribution >= 0.6 is 0 Å². The molecular weight excluding hydrogens is 188 g/mol. The lowest BCUT2D eigenvalue weighted by atomic mass is 10.0. The third-order valence-electron chi connectivity index (χ3n) is 2.26. The second-order valence-electron chi connectivity index (χ2n) is 3.92. The number of hydrogen-bond donors (Lipinski definition) is 1. The Hall–Kier alpha value is -1.22. The third-order valence-corrected chi connectivity index (χ3v) is 2.26. The van der Waals surface area contributed by atoms with Crippen LogP contribution in [0.25, 0.3) is 0 Å². The van der Waals surface area contributed by atoms with Crippen LogP contribution < -0.4 is 0 Å². The van der Waals surface area contributed by atoms with Crippen molar-refractivity contribution in [1.29, 1.82) is 0 Å². The van der Waals surface area contributed by atoms with Gasteiger partial charge in [-0.2, -0.15) is 10.2 Å². The molecule has 1 aromatic heterocycles. The Kier molecular flexibility index (Phi) is 3.97. The van der Waals surface area contributed by atoms with Gasteiger partial charge in [-0.15, -0.1) is 6.58 Å². The Bertz CT molecular complexity index is 361. The van der Waals surface area contributed by atoms with E-state index in [1.165, 1.54) is 0 Å². The van der Waals surface area contributed by atoms with E-state index in [9.17, 15) is 5.11 Å². The minimum Gasteiger partial charge on any atom is -0.388 e. The van der Waals surface area contributed by atoms with Crippen LogP contribution in [0.1, 0.15) is 43.3 Å². The van der Waals surface area contributed by atoms with Crippen LogP contribution in [0.15, 0.2) is 18.2 Å². The first-order valence-corrected chi connectivity index (χ1v) is 5.20. The van der Waals surface area contributed by atoms with Gasteiger partial charge in [-0.05, 0) is 32.8 Å². The fraction of sp³-hybridized carbons (Fsp3) is 0.500. The molecule has 0 aliphatic carbocycles. The van der Waals surface area contributed by atoms with E-state index in [1.54, 1.807) is 0 Å². The summed E-state index contributed by atoms with van der Waals surface area (Å²) >= 11 is 0. The maximum Gasteiger partial charge on any atom is 0.0845 e. The van der Waals surface area contributed by atoms with Gasteiger partial charge in [-0.25, -0.2) is 0 Å². The summed E-state index contributed by atoms with van der Waals surface area (Å²) in [5, 5.41) is 18.1. The summed E-state index contributed by atoms with van der Waals surface area (Å²) < 4.78 is 0. The van der Waals surface area contributed by atoms with E-state index in [1.807, 2.05) is 26.8 Å². The Morgan fingerprint density at radius 2 is 2.20 bits per heavy atom. The van der Waals surface area contributed by atoms with Gasteiger partial charge in [0.15, 0.2) is 0 Å². The van der Waals surface area contributed by atoms with E-state index in [-0.39, 0.29) is 0 Å². The Morgan fingerprint density at radius 3 is 2.73 bits per heavy atom. The summed E-state index contributed by atoms with van der Waals surface area (Å²) in [6.45, 7) is 9.60. The standard InChI is InChI=1S/C12H18N2O/c1-5-11-10(7-9(4)13-14-11)12(15)6-8(2)3/h7,12,15H,2,5-6H2,1,3-4H3. The summed E-state index contributed by atoms with van der Waals surface area (Å²) in [7, 11) is 0. The second kappa shape index (κ2) is 5.03. The van der Waals surface area contributed by atoms with Gasteiger partial charge in [0.1, 0.15) is 0 Å². The summed E-state index contributed by atoms with van der Waals surface area (Å²) in [5.74, 6) is 0. The number of rotatable bonds is 4. The van der Waals surface area contributed by atoms with Gasteiger partial charge in [0.2, 0.25) is 0 Å². The van der Waals surface area contributed by atoms with Crippen LogP contribution in [0.4, 0.5) is 0 Å². The predicted octanol–water partition coefficient (Wildman–Crippen LogP) is 2.35. The zero-order valence-electron chi connectivity index (χ0n) is 9.62. The van der Waals surface area contributed by atoms with Crippen molar-refractivity contribution in [2.45, 2.75) is 39.7 Å². The monoisotopic (exact) mass is 206 g/mol. The summed E-state index contributed by atoms with van der Waals surface area (Å²) in [5.41, 5.74) is 3.56. The molecule has 3 nitrogen and oxygen atoms in total. The van der Waals surface area contributed by atoms with E-state index in [2.05, 4.69) is 16.8 Å². The smallest absolute Gasteiger partial charge is 0.0845 e. The van der Waals surface area contributed by atoms with E-state index >= 15 is 0 Å². The van der Waals surface area contributed by atoms with Gasteiger partial charge in [-0.1, -0.05) is 12.5 Å². The van der Waals surface area contributed by atoms with Crippen molar-refractivity contribution in [1.82, 2.24) is 10.2 Å². The molecule has 0 aliphatic rings. The summed E-state index contributed by atoms with van der Waals surface area (Å²) in [6, 6.07) is 1.90. The van der Waals surface area contributed by atoms with Crippen LogP contribution in [-0.4, -0.2) is 15.3 Å². The molecule has 0 saturated heterocycles. The molecule has 1 N–H and O–H groups in total. The first-order valence-electron chi connectivity index (χ1n) is 5.20. The topological polar surface area (TPSA) is 46.0 Å². The number of aliphatic hydroxyl groups is 1.